The number of rotatable bonds is 5. The van der Waals surface area contributed by atoms with Crippen LogP contribution in [0.2, 0.25) is 0 Å². The van der Waals surface area contributed by atoms with Gasteiger partial charge in [0.05, 0.1) is 12.1 Å². The molecule has 0 aromatic carbocycles. The Morgan fingerprint density at radius 3 is 2.40 bits per heavy atom. The van der Waals surface area contributed by atoms with Crippen LogP contribution in [0.5, 0.6) is 0 Å². The number of likely N-dealkylation sites (N-methyl/N-ethyl adjacent to an activating group) is 1. The van der Waals surface area contributed by atoms with E-state index in [-0.39, 0.29) is 23.9 Å². The van der Waals surface area contributed by atoms with Crippen LogP contribution >= 0.6 is 0 Å². The van der Waals surface area contributed by atoms with E-state index in [0.29, 0.717) is 5.92 Å². The Hall–Kier alpha value is -1.10. The van der Waals surface area contributed by atoms with E-state index in [0.717, 1.165) is 45.3 Å². The van der Waals surface area contributed by atoms with Crippen molar-refractivity contribution in [1.29, 1.82) is 0 Å². The van der Waals surface area contributed by atoms with Crippen molar-refractivity contribution in [2.45, 2.75) is 51.6 Å². The second-order valence-electron chi connectivity index (χ2n) is 6.33. The highest BCUT2D eigenvalue weighted by Crippen LogP contribution is 2.26. The van der Waals surface area contributed by atoms with Gasteiger partial charge in [-0.15, -0.1) is 0 Å². The molecule has 2 atom stereocenters. The van der Waals surface area contributed by atoms with Gasteiger partial charge in [0.1, 0.15) is 0 Å². The third kappa shape index (κ3) is 3.14. The standard InChI is InChI=1S/C15H27N3O2/c1-11(2)10-13(14(19)16-3)18-9-4-6-12(18)15(20)17-7-5-8-17/h11-13H,4-10H2,1-3H3,(H,16,19)/t12-,13+/m0/s1. The molecular formula is C15H27N3O2. The highest BCUT2D eigenvalue weighted by atomic mass is 16.2. The van der Waals surface area contributed by atoms with E-state index < -0.39 is 0 Å². The van der Waals surface area contributed by atoms with Gasteiger partial charge in [0, 0.05) is 20.1 Å². The first-order valence-electron chi connectivity index (χ1n) is 7.80. The fourth-order valence-electron chi connectivity index (χ4n) is 3.18. The van der Waals surface area contributed by atoms with Gasteiger partial charge in [-0.2, -0.15) is 0 Å². The molecule has 2 fully saturated rings. The molecule has 2 aliphatic heterocycles. The molecule has 0 aliphatic carbocycles. The molecule has 5 nitrogen and oxygen atoms in total. The van der Waals surface area contributed by atoms with Crippen LogP contribution in [0.1, 0.15) is 39.5 Å². The molecular weight excluding hydrogens is 254 g/mol. The van der Waals surface area contributed by atoms with Crippen LogP contribution in [0.15, 0.2) is 0 Å². The second-order valence-corrected chi connectivity index (χ2v) is 6.33. The zero-order chi connectivity index (χ0) is 14.7. The molecule has 0 aromatic heterocycles. The van der Waals surface area contributed by atoms with Crippen molar-refractivity contribution in [3.63, 3.8) is 0 Å². The lowest BCUT2D eigenvalue weighted by molar-refractivity contribution is -0.142. The lowest BCUT2D eigenvalue weighted by Crippen LogP contribution is -2.56. The van der Waals surface area contributed by atoms with Crippen molar-refractivity contribution in [3.05, 3.63) is 0 Å². The lowest BCUT2D eigenvalue weighted by Gasteiger charge is -2.38. The van der Waals surface area contributed by atoms with Gasteiger partial charge in [0.15, 0.2) is 0 Å². The first-order valence-corrected chi connectivity index (χ1v) is 7.80. The van der Waals surface area contributed by atoms with E-state index in [1.54, 1.807) is 7.05 Å². The maximum Gasteiger partial charge on any atom is 0.239 e. The van der Waals surface area contributed by atoms with E-state index in [2.05, 4.69) is 24.1 Å². The first-order chi connectivity index (χ1) is 9.54. The summed E-state index contributed by atoms with van der Waals surface area (Å²) < 4.78 is 0. The maximum atomic E-state index is 12.5. The lowest BCUT2D eigenvalue weighted by atomic mass is 10.00. The summed E-state index contributed by atoms with van der Waals surface area (Å²) in [6, 6.07) is -0.255. The zero-order valence-electron chi connectivity index (χ0n) is 12.9. The predicted molar refractivity (Wildman–Crippen MR) is 78.2 cm³/mol. The summed E-state index contributed by atoms with van der Waals surface area (Å²) in [5.41, 5.74) is 0. The Labute approximate surface area is 121 Å². The van der Waals surface area contributed by atoms with E-state index in [1.165, 1.54) is 0 Å². The molecule has 20 heavy (non-hydrogen) atoms. The van der Waals surface area contributed by atoms with E-state index in [4.69, 9.17) is 0 Å². The van der Waals surface area contributed by atoms with E-state index in [1.807, 2.05) is 4.90 Å². The highest BCUT2D eigenvalue weighted by molar-refractivity contribution is 5.86. The molecule has 2 aliphatic rings. The Morgan fingerprint density at radius 1 is 1.20 bits per heavy atom. The molecule has 0 aromatic rings. The molecule has 0 saturated carbocycles. The number of hydrogen-bond acceptors (Lipinski definition) is 3. The van der Waals surface area contributed by atoms with Crippen LogP contribution in [0.25, 0.3) is 0 Å². The number of carbonyl (C=O) groups is 2. The SMILES string of the molecule is CNC(=O)[C@@H](CC(C)C)N1CCC[C@H]1C(=O)N1CCC1. The highest BCUT2D eigenvalue weighted by Gasteiger charge is 2.40. The van der Waals surface area contributed by atoms with Crippen LogP contribution in [0.3, 0.4) is 0 Å². The number of carbonyl (C=O) groups excluding carboxylic acids is 2. The molecule has 2 amide bonds. The van der Waals surface area contributed by atoms with Gasteiger partial charge in [0.25, 0.3) is 0 Å². The van der Waals surface area contributed by atoms with Crippen molar-refractivity contribution in [2.24, 2.45) is 5.92 Å². The van der Waals surface area contributed by atoms with Crippen molar-refractivity contribution in [2.75, 3.05) is 26.7 Å². The molecule has 0 bridgehead atoms. The fraction of sp³-hybridized carbons (Fsp3) is 0.867. The molecule has 2 heterocycles. The topological polar surface area (TPSA) is 52.7 Å². The third-order valence-electron chi connectivity index (χ3n) is 4.39. The number of hydrogen-bond donors (Lipinski definition) is 1. The predicted octanol–water partition coefficient (Wildman–Crippen LogP) is 0.844. The Kier molecular flexibility index (Phi) is 5.02. The van der Waals surface area contributed by atoms with Gasteiger partial charge < -0.3 is 10.2 Å². The van der Waals surface area contributed by atoms with Gasteiger partial charge in [-0.1, -0.05) is 13.8 Å². The Morgan fingerprint density at radius 2 is 1.90 bits per heavy atom. The van der Waals surface area contributed by atoms with Crippen molar-refractivity contribution >= 4 is 11.8 Å². The summed E-state index contributed by atoms with van der Waals surface area (Å²) in [6.07, 6.45) is 3.82. The summed E-state index contributed by atoms with van der Waals surface area (Å²) in [7, 11) is 1.68. The molecule has 2 rings (SSSR count). The number of nitrogens with zero attached hydrogens (tertiary/aromatic N) is 2. The van der Waals surface area contributed by atoms with Gasteiger partial charge >= 0.3 is 0 Å². The monoisotopic (exact) mass is 281 g/mol. The van der Waals surface area contributed by atoms with Crippen LogP contribution < -0.4 is 5.32 Å². The average Bonchev–Trinajstić information content (AvgIpc) is 2.81. The van der Waals surface area contributed by atoms with E-state index >= 15 is 0 Å². The first kappa shape index (κ1) is 15.3. The largest absolute Gasteiger partial charge is 0.358 e. The Balaban J connectivity index is 2.09. The summed E-state index contributed by atoms with van der Waals surface area (Å²) in [6.45, 7) is 6.88. The van der Waals surface area contributed by atoms with Crippen LogP contribution in [-0.2, 0) is 9.59 Å². The van der Waals surface area contributed by atoms with Crippen LogP contribution in [0, 0.1) is 5.92 Å². The minimum atomic E-state index is -0.169. The van der Waals surface area contributed by atoms with E-state index in [9.17, 15) is 9.59 Å². The maximum absolute atomic E-state index is 12.5. The van der Waals surface area contributed by atoms with Gasteiger partial charge in [-0.3, -0.25) is 14.5 Å². The van der Waals surface area contributed by atoms with Gasteiger partial charge in [0.2, 0.25) is 11.8 Å². The fourth-order valence-corrected chi connectivity index (χ4v) is 3.18. The quantitative estimate of drug-likeness (QED) is 0.812. The average molecular weight is 281 g/mol. The summed E-state index contributed by atoms with van der Waals surface area (Å²) in [5.74, 6) is 0.714. The van der Waals surface area contributed by atoms with Crippen molar-refractivity contribution in [1.82, 2.24) is 15.1 Å². The zero-order valence-corrected chi connectivity index (χ0v) is 12.9. The minimum Gasteiger partial charge on any atom is -0.358 e. The molecule has 5 heteroatoms. The molecule has 0 radical (unpaired) electrons. The summed E-state index contributed by atoms with van der Waals surface area (Å²) in [5, 5.41) is 2.76. The number of amides is 2. The molecule has 2 saturated heterocycles. The normalized spacial score (nSPS) is 24.6. The van der Waals surface area contributed by atoms with Crippen LogP contribution in [-0.4, -0.2) is 60.4 Å². The number of likely N-dealkylation sites (tertiary alicyclic amines) is 2. The third-order valence-corrected chi connectivity index (χ3v) is 4.39. The second kappa shape index (κ2) is 6.57. The minimum absolute atomic E-state index is 0.0435. The smallest absolute Gasteiger partial charge is 0.239 e. The van der Waals surface area contributed by atoms with Crippen molar-refractivity contribution < 1.29 is 9.59 Å². The number of nitrogens with one attached hydrogen (secondary N) is 1. The molecule has 0 spiro atoms. The van der Waals surface area contributed by atoms with Crippen LogP contribution in [0.4, 0.5) is 0 Å². The molecule has 114 valence electrons. The molecule has 1 N–H and O–H groups in total. The van der Waals surface area contributed by atoms with Gasteiger partial charge in [-0.25, -0.2) is 0 Å². The Bertz CT molecular complexity index is 366. The van der Waals surface area contributed by atoms with Crippen molar-refractivity contribution in [3.8, 4) is 0 Å². The molecule has 0 unspecified atom stereocenters. The summed E-state index contributed by atoms with van der Waals surface area (Å²) in [4.78, 5) is 28.7. The summed E-state index contributed by atoms with van der Waals surface area (Å²) >= 11 is 0. The van der Waals surface area contributed by atoms with Gasteiger partial charge in [-0.05, 0) is 38.1 Å².